The Morgan fingerprint density at radius 3 is 1.86 bits per heavy atom. The third kappa shape index (κ3) is 1.78. The van der Waals surface area contributed by atoms with Gasteiger partial charge in [0.2, 0.25) is 0 Å². The van der Waals surface area contributed by atoms with Crippen molar-refractivity contribution in [3.8, 4) is 22.3 Å². The summed E-state index contributed by atoms with van der Waals surface area (Å²) in [6.07, 6.45) is 0. The first-order valence-corrected chi connectivity index (χ1v) is 9.91. The van der Waals surface area contributed by atoms with Crippen LogP contribution in [0, 0.1) is 11.6 Å². The van der Waals surface area contributed by atoms with Crippen LogP contribution < -0.4 is 0 Å². The molecule has 3 heteroatoms. The third-order valence-electron chi connectivity index (χ3n) is 6.08. The van der Waals surface area contributed by atoms with Crippen LogP contribution in [-0.4, -0.2) is 0 Å². The van der Waals surface area contributed by atoms with Crippen LogP contribution in [0.4, 0.5) is 8.78 Å². The Hall–Kier alpha value is -2.78. The topological polar surface area (TPSA) is 0 Å². The van der Waals surface area contributed by atoms with Gasteiger partial charge in [-0.2, -0.15) is 0 Å². The predicted octanol–water partition coefficient (Wildman–Crippen LogP) is 7.07. The number of fused-ring (bicyclic) bond motifs is 10. The van der Waals surface area contributed by atoms with Crippen molar-refractivity contribution in [2.24, 2.45) is 0 Å². The van der Waals surface area contributed by atoms with Gasteiger partial charge in [0.25, 0.3) is 0 Å². The van der Waals surface area contributed by atoms with E-state index in [0.29, 0.717) is 0 Å². The van der Waals surface area contributed by atoms with Gasteiger partial charge in [0.15, 0.2) is 0 Å². The Morgan fingerprint density at radius 2 is 1.18 bits per heavy atom. The minimum absolute atomic E-state index is 0.285. The second-order valence-corrected chi connectivity index (χ2v) is 8.19. The molecule has 28 heavy (non-hydrogen) atoms. The van der Waals surface area contributed by atoms with Crippen LogP contribution in [0.5, 0.6) is 0 Å². The van der Waals surface area contributed by atoms with Crippen LogP contribution in [0.3, 0.4) is 0 Å². The van der Waals surface area contributed by atoms with Crippen LogP contribution in [-0.2, 0) is 5.41 Å². The highest BCUT2D eigenvalue weighted by Gasteiger charge is 2.52. The van der Waals surface area contributed by atoms with E-state index in [4.69, 9.17) is 0 Å². The highest BCUT2D eigenvalue weighted by Crippen LogP contribution is 2.63. The van der Waals surface area contributed by atoms with Gasteiger partial charge in [-0.05, 0) is 69.3 Å². The summed E-state index contributed by atoms with van der Waals surface area (Å²) < 4.78 is 29.9. The van der Waals surface area contributed by atoms with E-state index in [0.717, 1.165) is 49.0 Å². The van der Waals surface area contributed by atoms with Gasteiger partial charge in [-0.25, -0.2) is 8.78 Å². The molecule has 0 atom stereocenters. The lowest BCUT2D eigenvalue weighted by Gasteiger charge is -2.30. The van der Waals surface area contributed by atoms with Gasteiger partial charge in [0, 0.05) is 10.0 Å². The van der Waals surface area contributed by atoms with Crippen molar-refractivity contribution in [2.45, 2.75) is 5.41 Å². The number of hydrogen-bond acceptors (Lipinski definition) is 0. The minimum atomic E-state index is -0.718. The Kier molecular flexibility index (Phi) is 3.12. The fraction of sp³-hybridized carbons (Fsp3) is 0.0400. The molecular formula is C25H13BrF2. The summed E-state index contributed by atoms with van der Waals surface area (Å²) in [6.45, 7) is 0. The first kappa shape index (κ1) is 16.2. The lowest BCUT2D eigenvalue weighted by Crippen LogP contribution is -2.26. The first-order chi connectivity index (χ1) is 13.6. The molecule has 1 spiro atoms. The minimum Gasteiger partial charge on any atom is -0.207 e. The quantitative estimate of drug-likeness (QED) is 0.241. The Labute approximate surface area is 169 Å². The van der Waals surface area contributed by atoms with E-state index in [1.165, 1.54) is 12.1 Å². The van der Waals surface area contributed by atoms with Gasteiger partial charge in [-0.15, -0.1) is 0 Å². The van der Waals surface area contributed by atoms with Crippen molar-refractivity contribution >= 4 is 15.9 Å². The monoisotopic (exact) mass is 430 g/mol. The van der Waals surface area contributed by atoms with Crippen LogP contribution in [0.25, 0.3) is 22.3 Å². The normalized spacial score (nSPS) is 14.5. The zero-order valence-corrected chi connectivity index (χ0v) is 16.2. The van der Waals surface area contributed by atoms with E-state index in [1.54, 1.807) is 12.1 Å². The summed E-state index contributed by atoms with van der Waals surface area (Å²) >= 11 is 3.71. The fourth-order valence-electron chi connectivity index (χ4n) is 5.13. The zero-order chi connectivity index (χ0) is 19.0. The SMILES string of the molecule is Fc1ccc2c(c1)C1(c3cc(F)ccc3-2)c2ccccc2-c2c(Br)cccc21. The fourth-order valence-corrected chi connectivity index (χ4v) is 5.71. The molecule has 4 aromatic rings. The molecule has 0 saturated heterocycles. The molecule has 2 aliphatic carbocycles. The maximum absolute atomic E-state index is 14.4. The molecular weight excluding hydrogens is 418 g/mol. The molecule has 0 N–H and O–H groups in total. The van der Waals surface area contributed by atoms with Crippen molar-refractivity contribution in [1.29, 1.82) is 0 Å². The highest BCUT2D eigenvalue weighted by atomic mass is 79.9. The Balaban J connectivity index is 1.89. The van der Waals surface area contributed by atoms with Crippen molar-refractivity contribution in [3.63, 3.8) is 0 Å². The van der Waals surface area contributed by atoms with E-state index in [2.05, 4.69) is 34.1 Å². The molecule has 0 fully saturated rings. The summed E-state index contributed by atoms with van der Waals surface area (Å²) in [7, 11) is 0. The second-order valence-electron chi connectivity index (χ2n) is 7.34. The van der Waals surface area contributed by atoms with Gasteiger partial charge >= 0.3 is 0 Å². The average molecular weight is 431 g/mol. The maximum Gasteiger partial charge on any atom is 0.123 e. The number of hydrogen-bond donors (Lipinski definition) is 0. The molecule has 0 nitrogen and oxygen atoms in total. The van der Waals surface area contributed by atoms with Crippen LogP contribution >= 0.6 is 15.9 Å². The standard InChI is InChI=1S/C25H13BrF2/c26-23-7-3-6-20-24(23)18-4-1-2-5-19(18)25(20)21-12-14(27)8-10-16(21)17-11-9-15(28)13-22(17)25/h1-13H. The Bertz CT molecular complexity index is 1250. The third-order valence-corrected chi connectivity index (χ3v) is 6.74. The summed E-state index contributed by atoms with van der Waals surface area (Å²) in [6, 6.07) is 24.1. The first-order valence-electron chi connectivity index (χ1n) is 9.11. The molecule has 0 amide bonds. The molecule has 0 aromatic heterocycles. The average Bonchev–Trinajstić information content (AvgIpc) is 3.15. The van der Waals surface area contributed by atoms with Gasteiger partial charge < -0.3 is 0 Å². The molecule has 2 aliphatic rings. The van der Waals surface area contributed by atoms with E-state index in [-0.39, 0.29) is 11.6 Å². The van der Waals surface area contributed by atoms with Crippen LogP contribution in [0.2, 0.25) is 0 Å². The molecule has 134 valence electrons. The molecule has 0 aliphatic heterocycles. The van der Waals surface area contributed by atoms with Crippen molar-refractivity contribution in [2.75, 3.05) is 0 Å². The number of halogens is 3. The van der Waals surface area contributed by atoms with E-state index in [9.17, 15) is 8.78 Å². The summed E-state index contributed by atoms with van der Waals surface area (Å²) in [4.78, 5) is 0. The lowest BCUT2D eigenvalue weighted by atomic mass is 9.70. The molecule has 0 saturated carbocycles. The van der Waals surface area contributed by atoms with Crippen molar-refractivity contribution in [3.05, 3.63) is 117 Å². The molecule has 4 aromatic carbocycles. The van der Waals surface area contributed by atoms with Gasteiger partial charge in [0.05, 0.1) is 5.41 Å². The van der Waals surface area contributed by atoms with Gasteiger partial charge in [-0.1, -0.05) is 64.5 Å². The summed E-state index contributed by atoms with van der Waals surface area (Å²) in [5, 5.41) is 0. The van der Waals surface area contributed by atoms with Crippen molar-refractivity contribution < 1.29 is 8.78 Å². The van der Waals surface area contributed by atoms with Crippen LogP contribution in [0.1, 0.15) is 22.3 Å². The van der Waals surface area contributed by atoms with Crippen molar-refractivity contribution in [1.82, 2.24) is 0 Å². The van der Waals surface area contributed by atoms with Gasteiger partial charge in [-0.3, -0.25) is 0 Å². The second kappa shape index (κ2) is 5.39. The Morgan fingerprint density at radius 1 is 0.571 bits per heavy atom. The van der Waals surface area contributed by atoms with E-state index < -0.39 is 5.41 Å². The number of rotatable bonds is 0. The zero-order valence-electron chi connectivity index (χ0n) is 14.6. The predicted molar refractivity (Wildman–Crippen MR) is 110 cm³/mol. The molecule has 0 heterocycles. The number of benzene rings is 4. The molecule has 0 bridgehead atoms. The van der Waals surface area contributed by atoms with Crippen LogP contribution in [0.15, 0.2) is 83.3 Å². The largest absolute Gasteiger partial charge is 0.207 e. The van der Waals surface area contributed by atoms with Gasteiger partial charge in [0.1, 0.15) is 11.6 Å². The van der Waals surface area contributed by atoms with E-state index >= 15 is 0 Å². The maximum atomic E-state index is 14.4. The van der Waals surface area contributed by atoms with E-state index in [1.807, 2.05) is 36.4 Å². The summed E-state index contributed by atoms with van der Waals surface area (Å²) in [5.74, 6) is -0.570. The summed E-state index contributed by atoms with van der Waals surface area (Å²) in [5.41, 5.74) is 7.24. The highest BCUT2D eigenvalue weighted by molar-refractivity contribution is 9.10. The molecule has 6 rings (SSSR count). The molecule has 0 unspecified atom stereocenters. The smallest absolute Gasteiger partial charge is 0.123 e. The molecule has 0 radical (unpaired) electrons. The lowest BCUT2D eigenvalue weighted by molar-refractivity contribution is 0.618.